The van der Waals surface area contributed by atoms with Crippen LogP contribution in [0.2, 0.25) is 5.02 Å². The minimum Gasteiger partial charge on any atom is -0.361 e. The molecule has 4 N–H and O–H groups in total. The van der Waals surface area contributed by atoms with Gasteiger partial charge in [0.1, 0.15) is 0 Å². The number of thiocarbonyl (C=S) groups is 1. The smallest absolute Gasteiger partial charge is 0.180 e. The zero-order valence-electron chi connectivity index (χ0n) is 8.57. The van der Waals surface area contributed by atoms with E-state index in [-0.39, 0.29) is 0 Å². The third-order valence-electron chi connectivity index (χ3n) is 1.74. The predicted molar refractivity (Wildman–Crippen MR) is 73.3 cm³/mol. The molecule has 0 bridgehead atoms. The highest BCUT2D eigenvalue weighted by Crippen LogP contribution is 2.17. The summed E-state index contributed by atoms with van der Waals surface area (Å²) < 4.78 is 0. The fraction of sp³-hybridized carbons (Fsp3) is 0.333. The summed E-state index contributed by atoms with van der Waals surface area (Å²) in [4.78, 5) is 4.20. The van der Waals surface area contributed by atoms with Gasteiger partial charge in [0.05, 0.1) is 10.7 Å². The first kappa shape index (κ1) is 13.5. The largest absolute Gasteiger partial charge is 0.361 e. The average Bonchev–Trinajstić information content (AvgIpc) is 2.30. The highest BCUT2D eigenvalue weighted by Gasteiger charge is 2.00. The van der Waals surface area contributed by atoms with Gasteiger partial charge in [0.2, 0.25) is 0 Å². The minimum atomic E-state index is 0.455. The van der Waals surface area contributed by atoms with Crippen molar-refractivity contribution in [1.29, 1.82) is 0 Å². The van der Waals surface area contributed by atoms with Crippen molar-refractivity contribution in [1.82, 2.24) is 15.7 Å². The molecule has 0 fully saturated rings. The van der Waals surface area contributed by atoms with Crippen LogP contribution in [0.5, 0.6) is 0 Å². The van der Waals surface area contributed by atoms with Crippen LogP contribution in [0.1, 0.15) is 5.69 Å². The summed E-state index contributed by atoms with van der Waals surface area (Å²) in [6, 6.07) is 3.67. The minimum absolute atomic E-state index is 0.455. The summed E-state index contributed by atoms with van der Waals surface area (Å²) in [6.45, 7) is 0.762. The lowest BCUT2D eigenvalue weighted by Gasteiger charge is -2.06. The Bertz CT molecular complexity index is 348. The quantitative estimate of drug-likeness (QED) is 0.326. The number of hydrogen-bond donors (Lipinski definition) is 3. The van der Waals surface area contributed by atoms with Gasteiger partial charge >= 0.3 is 0 Å². The highest BCUT2D eigenvalue weighted by atomic mass is 35.5. The van der Waals surface area contributed by atoms with Crippen molar-refractivity contribution in [2.24, 2.45) is 5.84 Å². The molecule has 0 saturated heterocycles. The number of rotatable bonds is 5. The van der Waals surface area contributed by atoms with Gasteiger partial charge in [-0.15, -0.1) is 0 Å². The summed E-state index contributed by atoms with van der Waals surface area (Å²) in [5.41, 5.74) is 3.27. The maximum atomic E-state index is 5.97. The second kappa shape index (κ2) is 7.67. The molecule has 0 radical (unpaired) electrons. The van der Waals surface area contributed by atoms with Gasteiger partial charge in [-0.25, -0.2) is 5.84 Å². The van der Waals surface area contributed by atoms with E-state index in [0.717, 1.165) is 23.7 Å². The monoisotopic (exact) mass is 276 g/mol. The van der Waals surface area contributed by atoms with Crippen molar-refractivity contribution in [3.05, 3.63) is 29.0 Å². The van der Waals surface area contributed by atoms with Crippen LogP contribution in [-0.4, -0.2) is 22.4 Å². The lowest BCUT2D eigenvalue weighted by molar-refractivity contribution is 0.906. The molecule has 0 spiro atoms. The van der Waals surface area contributed by atoms with Gasteiger partial charge in [-0.05, 0) is 24.4 Å². The summed E-state index contributed by atoms with van der Waals surface area (Å²) in [6.07, 6.45) is 1.74. The molecule has 1 rings (SSSR count). The Hall–Kier alpha value is -0.560. The number of hydrazine groups is 1. The van der Waals surface area contributed by atoms with Crippen molar-refractivity contribution >= 4 is 40.7 Å². The first-order chi connectivity index (χ1) is 7.74. The molecule has 0 atom stereocenters. The number of nitrogens with one attached hydrogen (secondary N) is 2. The van der Waals surface area contributed by atoms with E-state index in [2.05, 4.69) is 15.7 Å². The fourth-order valence-corrected chi connectivity index (χ4v) is 2.16. The number of nitrogens with two attached hydrogens (primary N) is 1. The van der Waals surface area contributed by atoms with Crippen LogP contribution in [0.25, 0.3) is 0 Å². The van der Waals surface area contributed by atoms with Gasteiger partial charge in [0.25, 0.3) is 0 Å². The van der Waals surface area contributed by atoms with E-state index in [1.807, 2.05) is 12.1 Å². The maximum Gasteiger partial charge on any atom is 0.180 e. The predicted octanol–water partition coefficient (Wildman–Crippen LogP) is 1.31. The molecule has 0 aromatic carbocycles. The molecular weight excluding hydrogens is 264 g/mol. The van der Waals surface area contributed by atoms with Gasteiger partial charge in [-0.1, -0.05) is 11.6 Å². The van der Waals surface area contributed by atoms with E-state index in [1.54, 1.807) is 18.0 Å². The molecule has 88 valence electrons. The summed E-state index contributed by atoms with van der Waals surface area (Å²) in [7, 11) is 0. The Morgan fingerprint density at radius 2 is 2.44 bits per heavy atom. The number of nitrogens with zero attached hydrogens (tertiary/aromatic N) is 1. The number of hydrogen-bond acceptors (Lipinski definition) is 4. The van der Waals surface area contributed by atoms with Crippen molar-refractivity contribution in [2.75, 3.05) is 12.3 Å². The summed E-state index contributed by atoms with van der Waals surface area (Å²) in [5.74, 6) is 6.82. The van der Waals surface area contributed by atoms with E-state index in [9.17, 15) is 0 Å². The molecule has 1 aromatic heterocycles. The van der Waals surface area contributed by atoms with Crippen LogP contribution >= 0.6 is 35.6 Å². The molecule has 16 heavy (non-hydrogen) atoms. The first-order valence-corrected chi connectivity index (χ1v) is 6.59. The van der Waals surface area contributed by atoms with Crippen LogP contribution in [0, 0.1) is 0 Å². The van der Waals surface area contributed by atoms with E-state index in [0.29, 0.717) is 10.1 Å². The van der Waals surface area contributed by atoms with Gasteiger partial charge in [-0.3, -0.25) is 4.98 Å². The number of thioether (sulfide) groups is 1. The molecule has 0 aliphatic carbocycles. The standard InChI is InChI=1S/C9H13ClN4S2/c10-7-2-1-3-12-8(7)6-16-5-4-13-9(15)14-11/h1-3H,4-6,11H2,(H2,13,14,15). The second-order valence-corrected chi connectivity index (χ2v) is 4.81. The Morgan fingerprint density at radius 3 is 3.12 bits per heavy atom. The SMILES string of the molecule is NNC(=S)NCCSCc1ncccc1Cl. The Balaban J connectivity index is 2.17. The zero-order valence-corrected chi connectivity index (χ0v) is 11.0. The molecule has 1 heterocycles. The molecule has 1 aromatic rings. The third kappa shape index (κ3) is 4.98. The second-order valence-electron chi connectivity index (χ2n) is 2.88. The van der Waals surface area contributed by atoms with Gasteiger partial charge < -0.3 is 10.7 Å². The van der Waals surface area contributed by atoms with Crippen molar-refractivity contribution < 1.29 is 0 Å². The molecule has 0 aliphatic rings. The van der Waals surface area contributed by atoms with Crippen LogP contribution in [-0.2, 0) is 5.75 Å². The summed E-state index contributed by atoms with van der Waals surface area (Å²) in [5, 5.41) is 4.12. The van der Waals surface area contributed by atoms with Crippen molar-refractivity contribution in [3.63, 3.8) is 0 Å². The molecule has 4 nitrogen and oxygen atoms in total. The van der Waals surface area contributed by atoms with Crippen LogP contribution in [0.15, 0.2) is 18.3 Å². The van der Waals surface area contributed by atoms with E-state index < -0.39 is 0 Å². The topological polar surface area (TPSA) is 63.0 Å². The maximum absolute atomic E-state index is 5.97. The van der Waals surface area contributed by atoms with Gasteiger partial charge in [0, 0.05) is 24.2 Å². The molecule has 0 amide bonds. The van der Waals surface area contributed by atoms with E-state index >= 15 is 0 Å². The molecule has 0 aliphatic heterocycles. The van der Waals surface area contributed by atoms with Crippen molar-refractivity contribution in [2.45, 2.75) is 5.75 Å². The summed E-state index contributed by atoms with van der Waals surface area (Å²) >= 11 is 12.5. The van der Waals surface area contributed by atoms with Gasteiger partial charge in [0.15, 0.2) is 5.11 Å². The van der Waals surface area contributed by atoms with E-state index in [4.69, 9.17) is 29.7 Å². The van der Waals surface area contributed by atoms with Crippen LogP contribution in [0.3, 0.4) is 0 Å². The van der Waals surface area contributed by atoms with Crippen LogP contribution < -0.4 is 16.6 Å². The Morgan fingerprint density at radius 1 is 1.62 bits per heavy atom. The van der Waals surface area contributed by atoms with Gasteiger partial charge in [-0.2, -0.15) is 11.8 Å². The number of aromatic nitrogens is 1. The first-order valence-electron chi connectivity index (χ1n) is 4.65. The Labute approximate surface area is 109 Å². The number of pyridine rings is 1. The number of halogens is 1. The lowest BCUT2D eigenvalue weighted by Crippen LogP contribution is -2.40. The fourth-order valence-electron chi connectivity index (χ4n) is 0.981. The Kier molecular flexibility index (Phi) is 6.47. The molecule has 0 saturated carbocycles. The zero-order chi connectivity index (χ0) is 11.8. The molecule has 7 heteroatoms. The highest BCUT2D eigenvalue weighted by molar-refractivity contribution is 7.98. The lowest BCUT2D eigenvalue weighted by atomic mass is 10.4. The van der Waals surface area contributed by atoms with E-state index in [1.165, 1.54) is 0 Å². The average molecular weight is 277 g/mol. The normalized spacial score (nSPS) is 9.88. The van der Waals surface area contributed by atoms with Crippen LogP contribution in [0.4, 0.5) is 0 Å². The van der Waals surface area contributed by atoms with Crippen molar-refractivity contribution in [3.8, 4) is 0 Å². The third-order valence-corrected chi connectivity index (χ3v) is 3.31. The molecule has 0 unspecified atom stereocenters. The molecular formula is C9H13ClN4S2.